The summed E-state index contributed by atoms with van der Waals surface area (Å²) in [6.07, 6.45) is -4.35. The fourth-order valence-corrected chi connectivity index (χ4v) is 2.13. The third-order valence-electron chi connectivity index (χ3n) is 2.21. The molecule has 0 radical (unpaired) electrons. The van der Waals surface area contributed by atoms with Crippen LogP contribution in [-0.4, -0.2) is 18.0 Å². The third kappa shape index (κ3) is 5.74. The molecule has 6 heteroatoms. The molecule has 0 aliphatic rings. The lowest BCUT2D eigenvalue weighted by Crippen LogP contribution is -2.20. The van der Waals surface area contributed by atoms with Crippen molar-refractivity contribution < 1.29 is 17.9 Å². The maximum atomic E-state index is 12.5. The Morgan fingerprint density at radius 2 is 1.84 bits per heavy atom. The van der Waals surface area contributed by atoms with Crippen molar-refractivity contribution in [2.24, 2.45) is 0 Å². The van der Waals surface area contributed by atoms with E-state index < -0.39 is 11.7 Å². The highest BCUT2D eigenvalue weighted by molar-refractivity contribution is 7.99. The number of alkyl halides is 3. The fraction of sp³-hybridized carbons (Fsp3) is 0.538. The van der Waals surface area contributed by atoms with Crippen molar-refractivity contribution in [1.82, 2.24) is 0 Å². The zero-order chi connectivity index (χ0) is 14.7. The molecule has 0 aliphatic heterocycles. The third-order valence-corrected chi connectivity index (χ3v) is 3.27. The lowest BCUT2D eigenvalue weighted by molar-refractivity contribution is -0.137. The molecule has 1 aromatic carbocycles. The van der Waals surface area contributed by atoms with Gasteiger partial charge in [-0.05, 0) is 39.0 Å². The second kappa shape index (κ2) is 6.05. The molecule has 0 atom stereocenters. The maximum absolute atomic E-state index is 12.5. The van der Waals surface area contributed by atoms with Gasteiger partial charge in [-0.15, -0.1) is 11.8 Å². The monoisotopic (exact) mass is 293 g/mol. The van der Waals surface area contributed by atoms with Gasteiger partial charge in [-0.25, -0.2) is 0 Å². The van der Waals surface area contributed by atoms with Crippen LogP contribution < -0.4 is 5.73 Å². The van der Waals surface area contributed by atoms with E-state index in [1.165, 1.54) is 17.8 Å². The highest BCUT2D eigenvalue weighted by atomic mass is 32.2. The lowest BCUT2D eigenvalue weighted by atomic mass is 10.2. The molecule has 1 aromatic rings. The highest BCUT2D eigenvalue weighted by Gasteiger charge is 2.30. The van der Waals surface area contributed by atoms with Crippen molar-refractivity contribution in [3.63, 3.8) is 0 Å². The zero-order valence-electron chi connectivity index (χ0n) is 11.2. The molecule has 0 fully saturated rings. The van der Waals surface area contributed by atoms with Gasteiger partial charge in [-0.2, -0.15) is 13.2 Å². The minimum absolute atomic E-state index is 0.149. The summed E-state index contributed by atoms with van der Waals surface area (Å²) in [4.78, 5) is 0.644. The quantitative estimate of drug-likeness (QED) is 0.513. The van der Waals surface area contributed by atoms with Crippen LogP contribution in [0.3, 0.4) is 0 Å². The van der Waals surface area contributed by atoms with E-state index in [4.69, 9.17) is 10.5 Å². The molecule has 19 heavy (non-hydrogen) atoms. The summed E-state index contributed by atoms with van der Waals surface area (Å²) in [7, 11) is 0. The molecular weight excluding hydrogens is 275 g/mol. The first kappa shape index (κ1) is 16.2. The maximum Gasteiger partial charge on any atom is 0.416 e. The van der Waals surface area contributed by atoms with Crippen molar-refractivity contribution in [2.75, 3.05) is 18.1 Å². The minimum Gasteiger partial charge on any atom is -0.398 e. The number of halogens is 3. The van der Waals surface area contributed by atoms with Gasteiger partial charge < -0.3 is 10.5 Å². The van der Waals surface area contributed by atoms with Gasteiger partial charge in [-0.3, -0.25) is 0 Å². The Kier molecular flexibility index (Phi) is 5.15. The van der Waals surface area contributed by atoms with Crippen LogP contribution in [0, 0.1) is 0 Å². The summed E-state index contributed by atoms with van der Waals surface area (Å²) < 4.78 is 42.9. The summed E-state index contributed by atoms with van der Waals surface area (Å²) in [5, 5.41) is 0. The predicted molar refractivity (Wildman–Crippen MR) is 72.3 cm³/mol. The van der Waals surface area contributed by atoms with Crippen molar-refractivity contribution in [3.05, 3.63) is 23.8 Å². The van der Waals surface area contributed by atoms with Crippen LogP contribution in [0.1, 0.15) is 26.3 Å². The highest BCUT2D eigenvalue weighted by Crippen LogP contribution is 2.34. The van der Waals surface area contributed by atoms with Crippen molar-refractivity contribution in [2.45, 2.75) is 37.4 Å². The summed E-state index contributed by atoms with van der Waals surface area (Å²) in [6.45, 7) is 6.37. The number of hydrogen-bond acceptors (Lipinski definition) is 3. The summed E-state index contributed by atoms with van der Waals surface area (Å²) >= 11 is 1.39. The number of anilines is 1. The molecule has 0 bridgehead atoms. The number of rotatable bonds is 4. The van der Waals surface area contributed by atoms with Crippen LogP contribution >= 0.6 is 11.8 Å². The van der Waals surface area contributed by atoms with Crippen LogP contribution in [0.15, 0.2) is 23.1 Å². The molecule has 2 N–H and O–H groups in total. The van der Waals surface area contributed by atoms with E-state index in [1.54, 1.807) is 0 Å². The first-order valence-electron chi connectivity index (χ1n) is 5.83. The van der Waals surface area contributed by atoms with Crippen LogP contribution in [-0.2, 0) is 10.9 Å². The smallest absolute Gasteiger partial charge is 0.398 e. The van der Waals surface area contributed by atoms with E-state index in [9.17, 15) is 13.2 Å². The van der Waals surface area contributed by atoms with E-state index >= 15 is 0 Å². The normalized spacial score (nSPS) is 12.7. The molecule has 0 unspecified atom stereocenters. The number of hydrogen-bond donors (Lipinski definition) is 1. The van der Waals surface area contributed by atoms with Gasteiger partial charge in [0.15, 0.2) is 0 Å². The van der Waals surface area contributed by atoms with Crippen LogP contribution in [0.25, 0.3) is 0 Å². The second-order valence-electron chi connectivity index (χ2n) is 5.06. The summed E-state index contributed by atoms with van der Waals surface area (Å²) in [5.74, 6) is 0.646. The van der Waals surface area contributed by atoms with E-state index in [1.807, 2.05) is 20.8 Å². The number of benzene rings is 1. The van der Waals surface area contributed by atoms with Gasteiger partial charge in [0.25, 0.3) is 0 Å². The van der Waals surface area contributed by atoms with E-state index in [2.05, 4.69) is 0 Å². The molecule has 0 heterocycles. The Bertz CT molecular complexity index is 427. The number of ether oxygens (including phenoxy) is 1. The molecule has 0 saturated carbocycles. The van der Waals surface area contributed by atoms with E-state index in [-0.39, 0.29) is 11.3 Å². The largest absolute Gasteiger partial charge is 0.416 e. The van der Waals surface area contributed by atoms with Gasteiger partial charge in [0.1, 0.15) is 0 Å². The van der Waals surface area contributed by atoms with Gasteiger partial charge in [0, 0.05) is 16.3 Å². The fourth-order valence-electron chi connectivity index (χ4n) is 1.36. The molecule has 0 spiro atoms. The molecule has 0 saturated heterocycles. The topological polar surface area (TPSA) is 35.2 Å². The van der Waals surface area contributed by atoms with Crippen LogP contribution in [0.5, 0.6) is 0 Å². The van der Waals surface area contributed by atoms with Crippen molar-refractivity contribution >= 4 is 17.4 Å². The SMILES string of the molecule is CC(C)(C)OCCSc1ccc(C(F)(F)F)cc1N. The Balaban J connectivity index is 2.57. The first-order chi connectivity index (χ1) is 8.59. The van der Waals surface area contributed by atoms with Gasteiger partial charge >= 0.3 is 6.18 Å². The summed E-state index contributed by atoms with van der Waals surface area (Å²) in [5.41, 5.74) is 4.84. The molecule has 1 rings (SSSR count). The molecule has 108 valence electrons. The Morgan fingerprint density at radius 1 is 1.21 bits per heavy atom. The second-order valence-corrected chi connectivity index (χ2v) is 6.20. The number of thioether (sulfide) groups is 1. The lowest BCUT2D eigenvalue weighted by Gasteiger charge is -2.19. The zero-order valence-corrected chi connectivity index (χ0v) is 12.0. The minimum atomic E-state index is -4.35. The standard InChI is InChI=1S/C13H18F3NOS/c1-12(2,3)18-6-7-19-11-5-4-9(8-10(11)17)13(14,15)16/h4-5,8H,6-7,17H2,1-3H3. The molecule has 2 nitrogen and oxygen atoms in total. The average molecular weight is 293 g/mol. The predicted octanol–water partition coefficient (Wildman–Crippen LogP) is 4.19. The average Bonchev–Trinajstić information content (AvgIpc) is 2.23. The first-order valence-corrected chi connectivity index (χ1v) is 6.81. The molecule has 0 aromatic heterocycles. The Hall–Kier alpha value is -0.880. The van der Waals surface area contributed by atoms with Crippen molar-refractivity contribution in [1.29, 1.82) is 0 Å². The van der Waals surface area contributed by atoms with Gasteiger partial charge in [0.05, 0.1) is 17.8 Å². The van der Waals surface area contributed by atoms with Gasteiger partial charge in [-0.1, -0.05) is 0 Å². The molecular formula is C13H18F3NOS. The van der Waals surface area contributed by atoms with E-state index in [0.29, 0.717) is 17.3 Å². The molecule has 0 aliphatic carbocycles. The Morgan fingerprint density at radius 3 is 2.32 bits per heavy atom. The van der Waals surface area contributed by atoms with Crippen LogP contribution in [0.4, 0.5) is 18.9 Å². The van der Waals surface area contributed by atoms with Crippen LogP contribution in [0.2, 0.25) is 0 Å². The van der Waals surface area contributed by atoms with Crippen molar-refractivity contribution in [3.8, 4) is 0 Å². The molecule has 0 amide bonds. The summed E-state index contributed by atoms with van der Waals surface area (Å²) in [6, 6.07) is 3.41. The Labute approximate surface area is 115 Å². The van der Waals surface area contributed by atoms with Gasteiger partial charge in [0.2, 0.25) is 0 Å². The number of nitrogens with two attached hydrogens (primary N) is 1. The number of nitrogen functional groups attached to an aromatic ring is 1. The van der Waals surface area contributed by atoms with E-state index in [0.717, 1.165) is 12.1 Å².